The summed E-state index contributed by atoms with van der Waals surface area (Å²) in [6.45, 7) is 7.40. The van der Waals surface area contributed by atoms with E-state index in [1.807, 2.05) is 45.9 Å². The van der Waals surface area contributed by atoms with Crippen LogP contribution in [0.4, 0.5) is 0 Å². The second-order valence-corrected chi connectivity index (χ2v) is 5.86. The summed E-state index contributed by atoms with van der Waals surface area (Å²) in [6.07, 6.45) is 3.54. The molecule has 0 radical (unpaired) electrons. The normalized spacial score (nSPS) is 13.2. The number of hydrogen-bond donors (Lipinski definition) is 0. The lowest BCUT2D eigenvalue weighted by atomic mass is 10.0. The van der Waals surface area contributed by atoms with Crippen molar-refractivity contribution in [1.82, 2.24) is 0 Å². The van der Waals surface area contributed by atoms with Crippen molar-refractivity contribution in [3.8, 4) is 0 Å². The van der Waals surface area contributed by atoms with E-state index in [0.29, 0.717) is 5.56 Å². The van der Waals surface area contributed by atoms with Crippen LogP contribution in [0.5, 0.6) is 0 Å². The Kier molecular flexibility index (Phi) is 5.68. The van der Waals surface area contributed by atoms with Crippen molar-refractivity contribution in [2.75, 3.05) is 0 Å². The van der Waals surface area contributed by atoms with Crippen molar-refractivity contribution in [1.29, 1.82) is 0 Å². The number of ketones is 1. The number of rotatable bonds is 5. The van der Waals surface area contributed by atoms with Crippen LogP contribution in [-0.4, -0.2) is 17.4 Å². The van der Waals surface area contributed by atoms with Gasteiger partial charge in [-0.25, -0.2) is 0 Å². The van der Waals surface area contributed by atoms with Gasteiger partial charge in [0, 0.05) is 5.56 Å². The van der Waals surface area contributed by atoms with E-state index >= 15 is 0 Å². The summed E-state index contributed by atoms with van der Waals surface area (Å²) in [5.41, 5.74) is 0.175. The van der Waals surface area contributed by atoms with Crippen LogP contribution >= 0.6 is 0 Å². The first-order valence-electron chi connectivity index (χ1n) is 6.77. The van der Waals surface area contributed by atoms with Gasteiger partial charge < -0.3 is 4.74 Å². The Morgan fingerprint density at radius 1 is 1.20 bits per heavy atom. The van der Waals surface area contributed by atoms with E-state index in [0.717, 1.165) is 0 Å². The van der Waals surface area contributed by atoms with Gasteiger partial charge in [0.15, 0.2) is 5.78 Å². The number of carbonyl (C=O) groups is 2. The summed E-state index contributed by atoms with van der Waals surface area (Å²) < 4.78 is 5.24. The van der Waals surface area contributed by atoms with E-state index in [1.54, 1.807) is 18.2 Å². The molecule has 0 N–H and O–H groups in total. The molecular weight excluding hydrogens is 252 g/mol. The molecule has 0 aliphatic rings. The maximum absolute atomic E-state index is 11.9. The minimum Gasteiger partial charge on any atom is -0.460 e. The third kappa shape index (κ3) is 6.32. The van der Waals surface area contributed by atoms with E-state index in [9.17, 15) is 9.59 Å². The molecule has 1 rings (SSSR count). The van der Waals surface area contributed by atoms with Gasteiger partial charge in [-0.1, -0.05) is 43.3 Å². The molecule has 0 aliphatic carbocycles. The van der Waals surface area contributed by atoms with E-state index in [-0.39, 0.29) is 24.1 Å². The van der Waals surface area contributed by atoms with E-state index in [2.05, 4.69) is 0 Å². The number of carbonyl (C=O) groups excluding carboxylic acids is 2. The first-order chi connectivity index (χ1) is 9.28. The second-order valence-electron chi connectivity index (χ2n) is 5.86. The molecule has 20 heavy (non-hydrogen) atoms. The molecule has 0 saturated heterocycles. The molecule has 0 spiro atoms. The summed E-state index contributed by atoms with van der Waals surface area (Å²) in [4.78, 5) is 23.5. The monoisotopic (exact) mass is 274 g/mol. The fourth-order valence-electron chi connectivity index (χ4n) is 1.66. The van der Waals surface area contributed by atoms with Crippen molar-refractivity contribution in [3.63, 3.8) is 0 Å². The van der Waals surface area contributed by atoms with Gasteiger partial charge in [0.05, 0.1) is 6.42 Å². The largest absolute Gasteiger partial charge is 0.460 e. The van der Waals surface area contributed by atoms with Gasteiger partial charge in [-0.3, -0.25) is 9.59 Å². The van der Waals surface area contributed by atoms with Gasteiger partial charge in [-0.2, -0.15) is 0 Å². The highest BCUT2D eigenvalue weighted by Gasteiger charge is 2.17. The number of allylic oxidation sites excluding steroid dienone is 2. The molecule has 0 amide bonds. The van der Waals surface area contributed by atoms with Crippen molar-refractivity contribution in [3.05, 3.63) is 48.0 Å². The zero-order chi connectivity index (χ0) is 15.2. The quantitative estimate of drug-likeness (QED) is 0.466. The summed E-state index contributed by atoms with van der Waals surface area (Å²) in [7, 11) is 0. The summed E-state index contributed by atoms with van der Waals surface area (Å²) in [5.74, 6) is -0.332. The lowest BCUT2D eigenvalue weighted by Gasteiger charge is -2.20. The van der Waals surface area contributed by atoms with Gasteiger partial charge in [-0.05, 0) is 32.8 Å². The van der Waals surface area contributed by atoms with Crippen LogP contribution in [0.1, 0.15) is 44.5 Å². The molecule has 1 atom stereocenters. The highest BCUT2D eigenvalue weighted by atomic mass is 16.6. The minimum absolute atomic E-state index is 0.0301. The van der Waals surface area contributed by atoms with Crippen LogP contribution in [-0.2, 0) is 9.53 Å². The molecule has 0 aromatic heterocycles. The fourth-order valence-corrected chi connectivity index (χ4v) is 1.66. The Hall–Kier alpha value is -1.90. The third-order valence-electron chi connectivity index (χ3n) is 2.54. The zero-order valence-corrected chi connectivity index (χ0v) is 12.6. The predicted octanol–water partition coefficient (Wildman–Crippen LogP) is 3.79. The molecule has 1 aromatic rings. The minimum atomic E-state index is -0.472. The smallest absolute Gasteiger partial charge is 0.306 e. The van der Waals surface area contributed by atoms with Crippen molar-refractivity contribution >= 4 is 11.8 Å². The highest BCUT2D eigenvalue weighted by Crippen LogP contribution is 2.13. The van der Waals surface area contributed by atoms with Crippen LogP contribution in [0.2, 0.25) is 0 Å². The average molecular weight is 274 g/mol. The topological polar surface area (TPSA) is 43.4 Å². The second kappa shape index (κ2) is 7.04. The SMILES string of the molecule is C[C@H](/C=C/C(=O)c1ccccc1)CC(=O)OC(C)(C)C. The molecule has 0 aliphatic heterocycles. The van der Waals surface area contributed by atoms with Crippen LogP contribution in [0.15, 0.2) is 42.5 Å². The number of hydrogen-bond acceptors (Lipinski definition) is 3. The van der Waals surface area contributed by atoms with Gasteiger partial charge in [0.1, 0.15) is 5.60 Å². The van der Waals surface area contributed by atoms with Gasteiger partial charge in [0.25, 0.3) is 0 Å². The van der Waals surface area contributed by atoms with Gasteiger partial charge in [-0.15, -0.1) is 0 Å². The van der Waals surface area contributed by atoms with Crippen LogP contribution in [0.25, 0.3) is 0 Å². The molecule has 108 valence electrons. The molecule has 3 nitrogen and oxygen atoms in total. The molecule has 0 heterocycles. The molecule has 0 saturated carbocycles. The van der Waals surface area contributed by atoms with Crippen LogP contribution < -0.4 is 0 Å². The Morgan fingerprint density at radius 2 is 1.80 bits per heavy atom. The highest BCUT2D eigenvalue weighted by molar-refractivity contribution is 6.04. The predicted molar refractivity (Wildman–Crippen MR) is 79.5 cm³/mol. The Morgan fingerprint density at radius 3 is 2.35 bits per heavy atom. The molecule has 3 heteroatoms. The summed E-state index contributed by atoms with van der Waals surface area (Å²) >= 11 is 0. The zero-order valence-electron chi connectivity index (χ0n) is 12.6. The number of benzene rings is 1. The summed E-state index contributed by atoms with van der Waals surface area (Å²) in [6, 6.07) is 9.05. The molecule has 0 unspecified atom stereocenters. The lowest BCUT2D eigenvalue weighted by Crippen LogP contribution is -2.24. The Bertz CT molecular complexity index is 481. The van der Waals surface area contributed by atoms with Crippen molar-refractivity contribution in [2.45, 2.75) is 39.7 Å². The maximum atomic E-state index is 11.9. The first-order valence-corrected chi connectivity index (χ1v) is 6.77. The standard InChI is InChI=1S/C17H22O3/c1-13(12-16(19)20-17(2,3)4)10-11-15(18)14-8-6-5-7-9-14/h5-11,13H,12H2,1-4H3/b11-10+/t13-/m1/s1. The van der Waals surface area contributed by atoms with E-state index in [1.165, 1.54) is 6.08 Å². The van der Waals surface area contributed by atoms with Gasteiger partial charge in [0.2, 0.25) is 0 Å². The van der Waals surface area contributed by atoms with Crippen molar-refractivity contribution < 1.29 is 14.3 Å². The maximum Gasteiger partial charge on any atom is 0.306 e. The molecule has 0 fully saturated rings. The third-order valence-corrected chi connectivity index (χ3v) is 2.54. The number of esters is 1. The Labute approximate surface area is 120 Å². The molecular formula is C17H22O3. The molecule has 0 bridgehead atoms. The average Bonchev–Trinajstić information content (AvgIpc) is 2.34. The van der Waals surface area contributed by atoms with Crippen molar-refractivity contribution in [2.24, 2.45) is 5.92 Å². The lowest BCUT2D eigenvalue weighted by molar-refractivity contribution is -0.155. The van der Waals surface area contributed by atoms with Gasteiger partial charge >= 0.3 is 5.97 Å². The molecule has 1 aromatic carbocycles. The fraction of sp³-hybridized carbons (Fsp3) is 0.412. The van der Waals surface area contributed by atoms with Crippen LogP contribution in [0.3, 0.4) is 0 Å². The van der Waals surface area contributed by atoms with E-state index in [4.69, 9.17) is 4.74 Å². The Balaban J connectivity index is 2.50. The van der Waals surface area contributed by atoms with Crippen LogP contribution in [0, 0.1) is 5.92 Å². The number of ether oxygens (including phenoxy) is 1. The summed E-state index contributed by atoms with van der Waals surface area (Å²) in [5, 5.41) is 0. The first kappa shape index (κ1) is 16.2. The van der Waals surface area contributed by atoms with E-state index < -0.39 is 5.60 Å².